The van der Waals surface area contributed by atoms with Crippen molar-refractivity contribution in [2.24, 2.45) is 0 Å². The molecule has 148 valence electrons. The fourth-order valence-corrected chi connectivity index (χ4v) is 6.26. The van der Waals surface area contributed by atoms with Gasteiger partial charge in [0.05, 0.1) is 0 Å². The Balaban J connectivity index is 1.79. The Hall–Kier alpha value is -2.45. The quantitative estimate of drug-likeness (QED) is 0.404. The molecule has 0 saturated heterocycles. The topological polar surface area (TPSA) is 0 Å². The monoisotopic (exact) mass is 408 g/mol. The summed E-state index contributed by atoms with van der Waals surface area (Å²) in [5.41, 5.74) is 9.56. The van der Waals surface area contributed by atoms with Crippen molar-refractivity contribution in [1.29, 1.82) is 0 Å². The molecule has 0 spiro atoms. The Kier molecular flexibility index (Phi) is 5.38. The third-order valence-electron chi connectivity index (χ3n) is 7.80. The molecule has 0 amide bonds. The summed E-state index contributed by atoms with van der Waals surface area (Å²) in [4.78, 5) is 0. The van der Waals surface area contributed by atoms with Gasteiger partial charge in [0, 0.05) is 0 Å². The zero-order chi connectivity index (χ0) is 22.4. The van der Waals surface area contributed by atoms with Crippen molar-refractivity contribution in [3.05, 3.63) is 143 Å². The Bertz CT molecular complexity index is 1370. The Morgan fingerprint density at radius 3 is 1.94 bits per heavy atom. The molecule has 2 aliphatic carbocycles. The van der Waals surface area contributed by atoms with Crippen LogP contribution in [0.4, 0.5) is 0 Å². The third kappa shape index (κ3) is 3.14. The van der Waals surface area contributed by atoms with Crippen LogP contribution in [0.2, 0.25) is 0 Å². The van der Waals surface area contributed by atoms with Crippen LogP contribution in [0.1, 0.15) is 34.6 Å². The van der Waals surface area contributed by atoms with Gasteiger partial charge in [0.2, 0.25) is 0 Å². The van der Waals surface area contributed by atoms with Gasteiger partial charge in [-0.15, -0.1) is 0 Å². The van der Waals surface area contributed by atoms with Gasteiger partial charge >= 0.3 is 216 Å². The van der Waals surface area contributed by atoms with Crippen molar-refractivity contribution >= 4 is 43.9 Å². The Labute approximate surface area is 214 Å². The van der Waals surface area contributed by atoms with Crippen LogP contribution in [0.3, 0.4) is 0 Å². The van der Waals surface area contributed by atoms with Crippen LogP contribution < -0.4 is 8.47 Å². The van der Waals surface area contributed by atoms with E-state index in [1.807, 2.05) is 0 Å². The zero-order valence-electron chi connectivity index (χ0n) is 19.3. The van der Waals surface area contributed by atoms with Crippen LogP contribution in [0.15, 0.2) is 121 Å². The minimum absolute atomic E-state index is 0.207. The van der Waals surface area contributed by atoms with Crippen molar-refractivity contribution in [3.8, 4) is 11.1 Å². The molecule has 33 heavy (non-hydrogen) atoms. The van der Waals surface area contributed by atoms with Crippen molar-refractivity contribution in [3.63, 3.8) is 0 Å². The van der Waals surface area contributed by atoms with Crippen LogP contribution in [-0.2, 0) is 5.41 Å². The van der Waals surface area contributed by atoms with E-state index in [4.69, 9.17) is 0 Å². The van der Waals surface area contributed by atoms with Gasteiger partial charge in [0.15, 0.2) is 0 Å². The van der Waals surface area contributed by atoms with Crippen LogP contribution in [0.25, 0.3) is 11.1 Å². The van der Waals surface area contributed by atoms with Crippen LogP contribution in [0, 0.1) is 0 Å². The van der Waals surface area contributed by atoms with Gasteiger partial charge in [-0.2, -0.15) is 0 Å². The summed E-state index contributed by atoms with van der Waals surface area (Å²) in [6.07, 6.45) is 7.90. The third-order valence-corrected chi connectivity index (χ3v) is 7.80. The predicted molar refractivity (Wildman–Crippen MR) is 140 cm³/mol. The van der Waals surface area contributed by atoms with Crippen molar-refractivity contribution < 1.29 is 0 Å². The first-order valence-corrected chi connectivity index (χ1v) is 11.9. The fourth-order valence-electron chi connectivity index (χ4n) is 6.26. The van der Waals surface area contributed by atoms with Gasteiger partial charge in [0.1, 0.15) is 0 Å². The van der Waals surface area contributed by atoms with E-state index in [1.54, 1.807) is 0 Å². The second kappa shape index (κ2) is 8.40. The number of fused-ring (bicyclic) bond motifs is 3. The molecule has 0 radical (unpaired) electrons. The first kappa shape index (κ1) is 21.1. The van der Waals surface area contributed by atoms with E-state index in [2.05, 4.69) is 151 Å². The van der Waals surface area contributed by atoms with E-state index in [0.717, 1.165) is 6.42 Å². The predicted octanol–water partition coefficient (Wildman–Crippen LogP) is 5.26. The average molecular weight is 408 g/mol. The molecule has 6 rings (SSSR count). The average Bonchev–Trinajstić information content (AvgIpc) is 3.51. The molecule has 0 nitrogen and oxygen atoms in total. The van der Waals surface area contributed by atoms with Crippen LogP contribution in [-0.4, -0.2) is 35.4 Å². The van der Waals surface area contributed by atoms with E-state index in [0.29, 0.717) is 0 Å². The molecule has 0 aromatic heterocycles. The van der Waals surface area contributed by atoms with Crippen LogP contribution >= 0.6 is 0 Å². The molecule has 0 saturated carbocycles. The number of allylic oxidation sites excluding steroid dienone is 4. The first-order valence-electron chi connectivity index (χ1n) is 11.9. The molecule has 2 aliphatic rings. The normalized spacial score (nSPS) is 16.3. The van der Waals surface area contributed by atoms with Crippen molar-refractivity contribution in [2.45, 2.75) is 17.8 Å². The number of rotatable bonds is 4. The Morgan fingerprint density at radius 1 is 0.667 bits per heavy atom. The first-order chi connectivity index (χ1) is 16.2. The van der Waals surface area contributed by atoms with Gasteiger partial charge in [-0.05, 0) is 0 Å². The summed E-state index contributed by atoms with van der Waals surface area (Å²) in [5, 5.41) is 0. The minimum atomic E-state index is -0.288. The van der Waals surface area contributed by atoms with Crippen LogP contribution in [0.5, 0.6) is 0 Å². The van der Waals surface area contributed by atoms with Gasteiger partial charge in [0.25, 0.3) is 0 Å². The van der Waals surface area contributed by atoms with E-state index >= 15 is 0 Å². The number of benzene rings is 4. The summed E-state index contributed by atoms with van der Waals surface area (Å²) in [5.74, 6) is 0.207. The molecule has 0 heterocycles. The van der Waals surface area contributed by atoms with Gasteiger partial charge in [-0.25, -0.2) is 0 Å². The molecular weight excluding hydrogens is 386 g/mol. The standard InChI is InChI=1S/C31H22.2Li/c1-3-13-23(14-4-1)31(25-17-7-8-18-25,24-15-5-2-6-16-24)30-28-21-11-9-19-26(28)27-20-10-12-22-29(27)30;;/h1-5,7-15,17,19-22,30H,18H2;;. The maximum absolute atomic E-state index is 2.37. The SMILES string of the molecule is [Li][c]1cccc(C(C2=CC=CC2)(c2ccccc2)C2c3ccccc3-c3ccccc32)[c]1[Li]. The maximum atomic E-state index is 2.37. The van der Waals surface area contributed by atoms with E-state index < -0.39 is 0 Å². The number of hydrogen-bond acceptors (Lipinski definition) is 0. The fraction of sp³-hybridized carbons (Fsp3) is 0.0968. The number of hydrogen-bond donors (Lipinski definition) is 0. The molecule has 1 unspecified atom stereocenters. The van der Waals surface area contributed by atoms with Gasteiger partial charge < -0.3 is 0 Å². The molecule has 0 fully saturated rings. The summed E-state index contributed by atoms with van der Waals surface area (Å²) in [6.45, 7) is 0. The van der Waals surface area contributed by atoms with Gasteiger partial charge in [-0.3, -0.25) is 0 Å². The summed E-state index contributed by atoms with van der Waals surface area (Å²) >= 11 is 4.55. The van der Waals surface area contributed by atoms with Crippen molar-refractivity contribution in [2.75, 3.05) is 0 Å². The van der Waals surface area contributed by atoms with Gasteiger partial charge in [-0.1, -0.05) is 0 Å². The summed E-state index contributed by atoms with van der Waals surface area (Å²) < 4.78 is 2.73. The summed E-state index contributed by atoms with van der Waals surface area (Å²) in [6, 6.07) is 36.1. The molecule has 4 aromatic carbocycles. The molecule has 4 aromatic rings. The molecule has 1 atom stereocenters. The molecule has 0 aliphatic heterocycles. The summed E-state index contributed by atoms with van der Waals surface area (Å²) in [7, 11) is 0. The molecule has 2 heteroatoms. The van der Waals surface area contributed by atoms with E-state index in [-0.39, 0.29) is 11.3 Å². The molecule has 0 N–H and O–H groups in total. The second-order valence-electron chi connectivity index (χ2n) is 9.35. The van der Waals surface area contributed by atoms with E-state index in [1.165, 1.54) is 47.4 Å². The van der Waals surface area contributed by atoms with Crippen molar-refractivity contribution in [1.82, 2.24) is 0 Å². The second-order valence-corrected chi connectivity index (χ2v) is 9.35. The Morgan fingerprint density at radius 2 is 1.30 bits per heavy atom. The zero-order valence-corrected chi connectivity index (χ0v) is 19.3. The van der Waals surface area contributed by atoms with E-state index in [9.17, 15) is 0 Å². The molecular formula is C31H22Li2. The molecule has 0 bridgehead atoms.